The molecule has 1 aromatic rings. The molecule has 0 amide bonds. The van der Waals surface area contributed by atoms with Crippen LogP contribution in [0.15, 0.2) is 28.7 Å². The Kier molecular flexibility index (Phi) is 3.94. The second-order valence-electron chi connectivity index (χ2n) is 5.61. The molecular weight excluding hydrogens is 276 g/mol. The Hall–Kier alpha value is -0.340. The van der Waals surface area contributed by atoms with Crippen molar-refractivity contribution in [2.45, 2.75) is 45.1 Å². The second kappa shape index (κ2) is 5.11. The van der Waals surface area contributed by atoms with Gasteiger partial charge in [0.15, 0.2) is 0 Å². The molecule has 1 unspecified atom stereocenters. The summed E-state index contributed by atoms with van der Waals surface area (Å²) in [6.07, 6.45) is 4.77. The zero-order valence-electron chi connectivity index (χ0n) is 10.6. The van der Waals surface area contributed by atoms with E-state index in [1.54, 1.807) is 0 Å². The fraction of sp³-hybridized carbons (Fsp3) is 0.600. The van der Waals surface area contributed by atoms with Gasteiger partial charge in [0.25, 0.3) is 0 Å². The van der Waals surface area contributed by atoms with Crippen LogP contribution in [0.25, 0.3) is 0 Å². The van der Waals surface area contributed by atoms with Crippen molar-refractivity contribution in [2.75, 3.05) is 0 Å². The number of benzene rings is 1. The molecule has 0 bridgehead atoms. The minimum atomic E-state index is -0.691. The Morgan fingerprint density at radius 3 is 2.47 bits per heavy atom. The van der Waals surface area contributed by atoms with E-state index in [1.807, 2.05) is 31.2 Å². The van der Waals surface area contributed by atoms with Crippen molar-refractivity contribution < 1.29 is 5.11 Å². The fourth-order valence-electron chi connectivity index (χ4n) is 2.86. The van der Waals surface area contributed by atoms with E-state index in [4.69, 9.17) is 0 Å². The summed E-state index contributed by atoms with van der Waals surface area (Å²) in [5.41, 5.74) is 0.343. The zero-order valence-corrected chi connectivity index (χ0v) is 12.2. The first-order valence-corrected chi connectivity index (χ1v) is 7.28. The van der Waals surface area contributed by atoms with Crippen LogP contribution >= 0.6 is 15.9 Å². The van der Waals surface area contributed by atoms with Crippen LogP contribution in [-0.4, -0.2) is 5.11 Å². The topological polar surface area (TPSA) is 20.2 Å². The van der Waals surface area contributed by atoms with Crippen molar-refractivity contribution in [1.29, 1.82) is 0 Å². The highest BCUT2D eigenvalue weighted by Gasteiger charge is 2.35. The predicted molar refractivity (Wildman–Crippen MR) is 74.8 cm³/mol. The molecule has 0 spiro atoms. The Bertz CT molecular complexity index is 378. The smallest absolute Gasteiger partial charge is 0.0896 e. The van der Waals surface area contributed by atoms with Gasteiger partial charge in [-0.25, -0.2) is 0 Å². The van der Waals surface area contributed by atoms with Gasteiger partial charge in [-0.05, 0) is 49.3 Å². The van der Waals surface area contributed by atoms with Gasteiger partial charge < -0.3 is 5.11 Å². The van der Waals surface area contributed by atoms with Gasteiger partial charge in [-0.3, -0.25) is 0 Å². The number of hydrogen-bond donors (Lipinski definition) is 1. The number of rotatable bonds is 2. The molecule has 1 nitrogen and oxygen atoms in total. The maximum atomic E-state index is 10.8. The van der Waals surface area contributed by atoms with E-state index < -0.39 is 5.60 Å². The van der Waals surface area contributed by atoms with Crippen molar-refractivity contribution in [1.82, 2.24) is 0 Å². The summed E-state index contributed by atoms with van der Waals surface area (Å²) in [7, 11) is 0. The molecule has 1 aliphatic carbocycles. The Morgan fingerprint density at radius 2 is 1.88 bits per heavy atom. The SMILES string of the molecule is CC1CCC(C(C)(O)c2cccc(Br)c2)CC1. The molecule has 2 heteroatoms. The molecule has 1 fully saturated rings. The van der Waals surface area contributed by atoms with Crippen LogP contribution in [0.5, 0.6) is 0 Å². The summed E-state index contributed by atoms with van der Waals surface area (Å²) in [5.74, 6) is 1.22. The summed E-state index contributed by atoms with van der Waals surface area (Å²) >= 11 is 3.48. The molecule has 17 heavy (non-hydrogen) atoms. The van der Waals surface area contributed by atoms with Gasteiger partial charge in [0.1, 0.15) is 0 Å². The maximum absolute atomic E-state index is 10.8. The van der Waals surface area contributed by atoms with Crippen molar-refractivity contribution in [3.05, 3.63) is 34.3 Å². The highest BCUT2D eigenvalue weighted by atomic mass is 79.9. The van der Waals surface area contributed by atoms with Crippen molar-refractivity contribution >= 4 is 15.9 Å². The Balaban J connectivity index is 2.18. The minimum absolute atomic E-state index is 0.396. The van der Waals surface area contributed by atoms with Crippen LogP contribution in [-0.2, 0) is 5.60 Å². The van der Waals surface area contributed by atoms with Crippen molar-refractivity contribution in [3.63, 3.8) is 0 Å². The third kappa shape index (κ3) is 2.92. The monoisotopic (exact) mass is 296 g/mol. The average molecular weight is 297 g/mol. The lowest BCUT2D eigenvalue weighted by Crippen LogP contribution is -2.34. The number of halogens is 1. The van der Waals surface area contributed by atoms with Gasteiger partial charge in [0, 0.05) is 4.47 Å². The summed E-state index contributed by atoms with van der Waals surface area (Å²) in [6, 6.07) is 8.07. The van der Waals surface area contributed by atoms with Gasteiger partial charge in [-0.15, -0.1) is 0 Å². The van der Waals surface area contributed by atoms with Gasteiger partial charge in [-0.2, -0.15) is 0 Å². The molecule has 1 aromatic carbocycles. The van der Waals surface area contributed by atoms with E-state index in [9.17, 15) is 5.11 Å². The first kappa shape index (κ1) is 13.1. The van der Waals surface area contributed by atoms with E-state index >= 15 is 0 Å². The van der Waals surface area contributed by atoms with E-state index in [0.29, 0.717) is 5.92 Å². The average Bonchev–Trinajstić information content (AvgIpc) is 2.29. The molecule has 1 atom stereocenters. The summed E-state index contributed by atoms with van der Waals surface area (Å²) in [6.45, 7) is 4.28. The van der Waals surface area contributed by atoms with E-state index in [0.717, 1.165) is 28.8 Å². The first-order chi connectivity index (χ1) is 8.00. The highest BCUT2D eigenvalue weighted by molar-refractivity contribution is 9.10. The van der Waals surface area contributed by atoms with Crippen molar-refractivity contribution in [3.8, 4) is 0 Å². The lowest BCUT2D eigenvalue weighted by atomic mass is 9.72. The van der Waals surface area contributed by atoms with Crippen LogP contribution in [0.4, 0.5) is 0 Å². The molecule has 0 radical (unpaired) electrons. The van der Waals surface area contributed by atoms with Crippen LogP contribution < -0.4 is 0 Å². The standard InChI is InChI=1S/C15H21BrO/c1-11-6-8-12(9-7-11)15(2,17)13-4-3-5-14(16)10-13/h3-5,10-12,17H,6-9H2,1-2H3. The molecule has 0 heterocycles. The summed E-state index contributed by atoms with van der Waals surface area (Å²) in [4.78, 5) is 0. The molecule has 0 aromatic heterocycles. The molecule has 94 valence electrons. The van der Waals surface area contributed by atoms with Gasteiger partial charge in [0.2, 0.25) is 0 Å². The highest BCUT2D eigenvalue weighted by Crippen LogP contribution is 2.41. The largest absolute Gasteiger partial charge is 0.385 e. The zero-order chi connectivity index (χ0) is 12.5. The minimum Gasteiger partial charge on any atom is -0.385 e. The van der Waals surface area contributed by atoms with Gasteiger partial charge in [0.05, 0.1) is 5.60 Å². The fourth-order valence-corrected chi connectivity index (χ4v) is 3.26. The third-order valence-electron chi connectivity index (χ3n) is 4.22. The number of aliphatic hydroxyl groups is 1. The molecule has 1 saturated carbocycles. The summed E-state index contributed by atoms with van der Waals surface area (Å²) < 4.78 is 1.04. The quantitative estimate of drug-likeness (QED) is 0.853. The lowest BCUT2D eigenvalue weighted by Gasteiger charge is -2.37. The first-order valence-electron chi connectivity index (χ1n) is 6.48. The Labute approximate surface area is 112 Å². The van der Waals surface area contributed by atoms with Crippen LogP contribution in [0.2, 0.25) is 0 Å². The normalized spacial score (nSPS) is 28.7. The molecule has 0 saturated heterocycles. The lowest BCUT2D eigenvalue weighted by molar-refractivity contribution is -0.0264. The molecule has 0 aliphatic heterocycles. The predicted octanol–water partition coefficient (Wildman–Crippen LogP) is 4.48. The van der Waals surface area contributed by atoms with Gasteiger partial charge in [-0.1, -0.05) is 47.8 Å². The van der Waals surface area contributed by atoms with Crippen molar-refractivity contribution in [2.24, 2.45) is 11.8 Å². The van der Waals surface area contributed by atoms with Crippen LogP contribution in [0.1, 0.15) is 45.1 Å². The maximum Gasteiger partial charge on any atom is 0.0896 e. The number of hydrogen-bond acceptors (Lipinski definition) is 1. The second-order valence-corrected chi connectivity index (χ2v) is 6.53. The third-order valence-corrected chi connectivity index (χ3v) is 4.71. The summed E-state index contributed by atoms with van der Waals surface area (Å²) in [5, 5.41) is 10.8. The molecule has 1 aliphatic rings. The molecule has 1 N–H and O–H groups in total. The molecule has 2 rings (SSSR count). The van der Waals surface area contributed by atoms with Crippen LogP contribution in [0.3, 0.4) is 0 Å². The van der Waals surface area contributed by atoms with E-state index in [1.165, 1.54) is 12.8 Å². The van der Waals surface area contributed by atoms with Gasteiger partial charge >= 0.3 is 0 Å². The Morgan fingerprint density at radius 1 is 1.24 bits per heavy atom. The van der Waals surface area contributed by atoms with Crippen LogP contribution in [0, 0.1) is 11.8 Å². The van der Waals surface area contributed by atoms with E-state index in [-0.39, 0.29) is 0 Å². The van der Waals surface area contributed by atoms with E-state index in [2.05, 4.69) is 22.9 Å². The molecular formula is C15H21BrO.